The third kappa shape index (κ3) is 2.48. The van der Waals surface area contributed by atoms with Gasteiger partial charge in [-0.25, -0.2) is 4.99 Å². The van der Waals surface area contributed by atoms with Crippen LogP contribution in [0.2, 0.25) is 0 Å². The van der Waals surface area contributed by atoms with Gasteiger partial charge in [0.1, 0.15) is 5.94 Å². The Labute approximate surface area is 133 Å². The van der Waals surface area contributed by atoms with Gasteiger partial charge in [0.05, 0.1) is 0 Å². The van der Waals surface area contributed by atoms with E-state index in [0.29, 0.717) is 5.94 Å². The number of carbonyl (C=O) groups excluding carboxylic acids is 1. The molecule has 1 heterocycles. The molecule has 5 heteroatoms. The summed E-state index contributed by atoms with van der Waals surface area (Å²) in [5.41, 5.74) is 0.555. The molecule has 0 spiro atoms. The van der Waals surface area contributed by atoms with Crippen molar-refractivity contribution in [3.05, 3.63) is 71.8 Å². The van der Waals surface area contributed by atoms with Crippen LogP contribution in [0.1, 0.15) is 11.1 Å². The Morgan fingerprint density at radius 2 is 1.59 bits per heavy atom. The van der Waals surface area contributed by atoms with Crippen molar-refractivity contribution in [2.45, 2.75) is 5.54 Å². The van der Waals surface area contributed by atoms with E-state index in [1.54, 1.807) is 0 Å². The minimum Gasteiger partial charge on any atom is -0.454 e. The Kier molecular flexibility index (Phi) is 4.15. The molecule has 112 valence electrons. The van der Waals surface area contributed by atoms with Crippen LogP contribution in [-0.4, -0.2) is 24.1 Å². The van der Waals surface area contributed by atoms with Gasteiger partial charge in [0.25, 0.3) is 11.9 Å². The first-order valence-electron chi connectivity index (χ1n) is 6.91. The number of nitrogens with one attached hydrogen (secondary N) is 1. The molecule has 2 aromatic rings. The van der Waals surface area contributed by atoms with Crippen LogP contribution in [0, 0.1) is 0 Å². The van der Waals surface area contributed by atoms with E-state index in [9.17, 15) is 4.79 Å². The number of benzene rings is 2. The van der Waals surface area contributed by atoms with Gasteiger partial charge in [0.15, 0.2) is 5.54 Å². The molecule has 0 saturated heterocycles. The molecule has 1 aliphatic rings. The lowest BCUT2D eigenvalue weighted by Gasteiger charge is -2.24. The van der Waals surface area contributed by atoms with Crippen LogP contribution in [0.5, 0.6) is 0 Å². The maximum Gasteiger partial charge on any atom is 0.294 e. The first kappa shape index (κ1) is 14.7. The fourth-order valence-electron chi connectivity index (χ4n) is 2.52. The lowest BCUT2D eigenvalue weighted by Crippen LogP contribution is -2.38. The predicted octanol–water partition coefficient (Wildman–Crippen LogP) is 2.75. The van der Waals surface area contributed by atoms with Gasteiger partial charge in [-0.1, -0.05) is 60.7 Å². The molecule has 1 amide bonds. The lowest BCUT2D eigenvalue weighted by molar-refractivity contribution is -0.122. The minimum atomic E-state index is -1.09. The standard InChI is InChI=1S/C17H16N2O2S/c1-22-12-21-16-18-15(20)17(19-16,13-8-4-2-5-9-13)14-10-6-3-7-11-14/h2-11H,12H2,1H3,(H,18,19,20). The molecule has 0 aromatic heterocycles. The van der Waals surface area contributed by atoms with E-state index >= 15 is 0 Å². The number of aliphatic imine (C=N–C) groups is 1. The zero-order valence-corrected chi connectivity index (χ0v) is 13.0. The Balaban J connectivity index is 2.13. The summed E-state index contributed by atoms with van der Waals surface area (Å²) in [5, 5.41) is 2.75. The fourth-order valence-corrected chi connectivity index (χ4v) is 2.75. The van der Waals surface area contributed by atoms with Gasteiger partial charge >= 0.3 is 0 Å². The van der Waals surface area contributed by atoms with E-state index in [4.69, 9.17) is 4.74 Å². The Bertz CT molecular complexity index is 647. The molecule has 0 saturated carbocycles. The maximum atomic E-state index is 12.8. The molecule has 3 rings (SSSR count). The summed E-state index contributed by atoms with van der Waals surface area (Å²) in [6.07, 6.45) is 1.93. The molecular weight excluding hydrogens is 296 g/mol. The van der Waals surface area contributed by atoms with Crippen LogP contribution in [0.25, 0.3) is 0 Å². The smallest absolute Gasteiger partial charge is 0.294 e. The van der Waals surface area contributed by atoms with Crippen LogP contribution in [-0.2, 0) is 15.1 Å². The molecule has 2 aromatic carbocycles. The van der Waals surface area contributed by atoms with E-state index in [-0.39, 0.29) is 11.9 Å². The molecule has 1 N–H and O–H groups in total. The fraction of sp³-hybridized carbons (Fsp3) is 0.176. The number of rotatable bonds is 4. The normalized spacial score (nSPS) is 16.0. The first-order valence-corrected chi connectivity index (χ1v) is 8.31. The van der Waals surface area contributed by atoms with Crippen molar-refractivity contribution >= 4 is 23.7 Å². The monoisotopic (exact) mass is 312 g/mol. The average molecular weight is 312 g/mol. The van der Waals surface area contributed by atoms with Gasteiger partial charge in [0, 0.05) is 0 Å². The van der Waals surface area contributed by atoms with Crippen LogP contribution in [0.4, 0.5) is 0 Å². The van der Waals surface area contributed by atoms with Gasteiger partial charge in [0.2, 0.25) is 0 Å². The number of nitrogens with zero attached hydrogens (tertiary/aromatic N) is 1. The van der Waals surface area contributed by atoms with E-state index in [1.165, 1.54) is 11.8 Å². The summed E-state index contributed by atoms with van der Waals surface area (Å²) < 4.78 is 5.50. The van der Waals surface area contributed by atoms with Gasteiger partial charge in [-0.05, 0) is 17.4 Å². The van der Waals surface area contributed by atoms with Crippen molar-refractivity contribution in [3.63, 3.8) is 0 Å². The molecule has 0 unspecified atom stereocenters. The van der Waals surface area contributed by atoms with Gasteiger partial charge < -0.3 is 4.74 Å². The summed E-state index contributed by atoms with van der Waals surface area (Å²) in [6, 6.07) is 19.4. The molecule has 0 radical (unpaired) electrons. The number of carbonyl (C=O) groups is 1. The molecule has 0 atom stereocenters. The molecule has 22 heavy (non-hydrogen) atoms. The minimum absolute atomic E-state index is 0.194. The summed E-state index contributed by atoms with van der Waals surface area (Å²) in [7, 11) is 0. The third-order valence-electron chi connectivity index (χ3n) is 3.51. The van der Waals surface area contributed by atoms with Crippen LogP contribution < -0.4 is 5.32 Å². The average Bonchev–Trinajstić information content (AvgIpc) is 2.92. The molecule has 1 aliphatic heterocycles. The second-order valence-electron chi connectivity index (χ2n) is 4.86. The zero-order chi connectivity index (χ0) is 15.4. The summed E-state index contributed by atoms with van der Waals surface area (Å²) >= 11 is 1.53. The SMILES string of the molecule is CSCOC1=NC(c2ccccc2)(c2ccccc2)C(=O)N1. The maximum absolute atomic E-state index is 12.8. The first-order chi connectivity index (χ1) is 10.8. The number of ether oxygens (including phenoxy) is 1. The van der Waals surface area contributed by atoms with Crippen molar-refractivity contribution < 1.29 is 9.53 Å². The summed E-state index contributed by atoms with van der Waals surface area (Å²) in [5.74, 6) is 0.250. The van der Waals surface area contributed by atoms with E-state index in [1.807, 2.05) is 66.9 Å². The topological polar surface area (TPSA) is 50.7 Å². The molecule has 0 fully saturated rings. The molecule has 0 aliphatic carbocycles. The third-order valence-corrected chi connectivity index (χ3v) is 3.87. The Morgan fingerprint density at radius 1 is 1.05 bits per heavy atom. The number of hydrogen-bond donors (Lipinski definition) is 1. The highest BCUT2D eigenvalue weighted by molar-refractivity contribution is 7.98. The quantitative estimate of drug-likeness (QED) is 0.883. The molecule has 4 nitrogen and oxygen atoms in total. The van der Waals surface area contributed by atoms with Crippen LogP contribution in [0.3, 0.4) is 0 Å². The van der Waals surface area contributed by atoms with Gasteiger partial charge in [-0.15, -0.1) is 11.8 Å². The van der Waals surface area contributed by atoms with Gasteiger partial charge in [-0.3, -0.25) is 10.1 Å². The van der Waals surface area contributed by atoms with Crippen LogP contribution >= 0.6 is 11.8 Å². The number of hydrogen-bond acceptors (Lipinski definition) is 4. The highest BCUT2D eigenvalue weighted by atomic mass is 32.2. The van der Waals surface area contributed by atoms with Crippen LogP contribution in [0.15, 0.2) is 65.7 Å². The second-order valence-corrected chi connectivity index (χ2v) is 5.68. The predicted molar refractivity (Wildman–Crippen MR) is 88.7 cm³/mol. The number of amides is 1. The van der Waals surface area contributed by atoms with E-state index < -0.39 is 5.54 Å². The number of thioether (sulfide) groups is 1. The number of amidine groups is 1. The highest BCUT2D eigenvalue weighted by Crippen LogP contribution is 2.37. The Hall–Kier alpha value is -2.27. The van der Waals surface area contributed by atoms with Crippen molar-refractivity contribution in [1.82, 2.24) is 5.32 Å². The Morgan fingerprint density at radius 3 is 2.09 bits per heavy atom. The van der Waals surface area contributed by atoms with Crippen molar-refractivity contribution in [3.8, 4) is 0 Å². The van der Waals surface area contributed by atoms with Crippen molar-refractivity contribution in [2.24, 2.45) is 4.99 Å². The molecule has 0 bridgehead atoms. The lowest BCUT2D eigenvalue weighted by atomic mass is 9.83. The highest BCUT2D eigenvalue weighted by Gasteiger charge is 2.47. The largest absolute Gasteiger partial charge is 0.454 e. The van der Waals surface area contributed by atoms with Crippen molar-refractivity contribution in [1.29, 1.82) is 0 Å². The second kappa shape index (κ2) is 6.23. The van der Waals surface area contributed by atoms with Gasteiger partial charge in [-0.2, -0.15) is 0 Å². The summed E-state index contributed by atoms with van der Waals surface area (Å²) in [4.78, 5) is 17.4. The molecular formula is C17H16N2O2S. The van der Waals surface area contributed by atoms with E-state index in [0.717, 1.165) is 11.1 Å². The zero-order valence-electron chi connectivity index (χ0n) is 12.2. The summed E-state index contributed by atoms with van der Waals surface area (Å²) in [6.45, 7) is 0. The van der Waals surface area contributed by atoms with E-state index in [2.05, 4.69) is 10.3 Å². The van der Waals surface area contributed by atoms with Crippen molar-refractivity contribution in [2.75, 3.05) is 12.2 Å².